The summed E-state index contributed by atoms with van der Waals surface area (Å²) in [5.74, 6) is 2.20. The van der Waals surface area contributed by atoms with Gasteiger partial charge in [0.15, 0.2) is 5.17 Å². The summed E-state index contributed by atoms with van der Waals surface area (Å²) in [6.45, 7) is 4.98. The van der Waals surface area contributed by atoms with E-state index in [0.29, 0.717) is 11.5 Å². The summed E-state index contributed by atoms with van der Waals surface area (Å²) < 4.78 is 0. The van der Waals surface area contributed by atoms with Crippen LogP contribution in [0.1, 0.15) is 44.9 Å². The number of hydrogen-bond acceptors (Lipinski definition) is 4. The fourth-order valence-corrected chi connectivity index (χ4v) is 5.74. The average molecular weight is 293 g/mol. The maximum atomic E-state index is 4.93. The van der Waals surface area contributed by atoms with Crippen LogP contribution in [0.3, 0.4) is 0 Å². The largest absolute Gasteiger partial charge is 0.361 e. The SMILES string of the molecule is C1CCC2(CC1)CN=C(NC1CN3CCC1CC3)SC2. The van der Waals surface area contributed by atoms with Crippen LogP contribution >= 0.6 is 11.8 Å². The quantitative estimate of drug-likeness (QED) is 0.805. The Hall–Kier alpha value is -0.220. The molecule has 0 aromatic carbocycles. The van der Waals surface area contributed by atoms with E-state index >= 15 is 0 Å². The summed E-state index contributed by atoms with van der Waals surface area (Å²) >= 11 is 2.01. The molecule has 1 aliphatic carbocycles. The molecule has 3 saturated heterocycles. The third kappa shape index (κ3) is 2.61. The van der Waals surface area contributed by atoms with Gasteiger partial charge in [-0.3, -0.25) is 4.99 Å². The molecule has 2 bridgehead atoms. The van der Waals surface area contributed by atoms with Crippen LogP contribution < -0.4 is 5.32 Å². The standard InChI is InChI=1S/C16H27N3S/c1-2-6-16(7-3-1)11-17-15(20-12-16)18-14-10-19-8-4-13(14)5-9-19/h13-14H,1-12H2,(H,17,18). The summed E-state index contributed by atoms with van der Waals surface area (Å²) in [5.41, 5.74) is 0.559. The first kappa shape index (κ1) is 13.4. The molecular weight excluding hydrogens is 266 g/mol. The number of aliphatic imine (C=N–C) groups is 1. The summed E-state index contributed by atoms with van der Waals surface area (Å²) in [7, 11) is 0. The lowest BCUT2D eigenvalue weighted by atomic mass is 9.75. The average Bonchev–Trinajstić information content (AvgIpc) is 2.52. The zero-order valence-electron chi connectivity index (χ0n) is 12.4. The van der Waals surface area contributed by atoms with Crippen molar-refractivity contribution in [1.82, 2.24) is 10.2 Å². The van der Waals surface area contributed by atoms with Crippen molar-refractivity contribution in [3.8, 4) is 0 Å². The highest BCUT2D eigenvalue weighted by Crippen LogP contribution is 2.41. The molecule has 0 amide bonds. The molecule has 1 saturated carbocycles. The van der Waals surface area contributed by atoms with E-state index in [0.717, 1.165) is 12.5 Å². The topological polar surface area (TPSA) is 27.6 Å². The van der Waals surface area contributed by atoms with Crippen LogP contribution in [0, 0.1) is 11.3 Å². The lowest BCUT2D eigenvalue weighted by molar-refractivity contribution is 0.0815. The van der Waals surface area contributed by atoms with E-state index in [1.54, 1.807) is 0 Å². The fourth-order valence-electron chi connectivity index (χ4n) is 4.53. The van der Waals surface area contributed by atoms with Crippen LogP contribution in [0.2, 0.25) is 0 Å². The number of rotatable bonds is 1. The van der Waals surface area contributed by atoms with E-state index in [1.165, 1.54) is 75.5 Å². The van der Waals surface area contributed by atoms with E-state index in [1.807, 2.05) is 11.8 Å². The zero-order valence-corrected chi connectivity index (χ0v) is 13.3. The predicted octanol–water partition coefficient (Wildman–Crippen LogP) is 2.72. The van der Waals surface area contributed by atoms with Gasteiger partial charge in [0.25, 0.3) is 0 Å². The van der Waals surface area contributed by atoms with Crippen molar-refractivity contribution in [3.63, 3.8) is 0 Å². The summed E-state index contributed by atoms with van der Waals surface area (Å²) in [6, 6.07) is 0.671. The Morgan fingerprint density at radius 2 is 1.95 bits per heavy atom. The summed E-state index contributed by atoms with van der Waals surface area (Å²) in [6.07, 6.45) is 9.91. The molecule has 4 aliphatic heterocycles. The Morgan fingerprint density at radius 1 is 1.15 bits per heavy atom. The lowest BCUT2D eigenvalue weighted by Gasteiger charge is -2.46. The third-order valence-electron chi connectivity index (χ3n) is 5.95. The molecule has 20 heavy (non-hydrogen) atoms. The van der Waals surface area contributed by atoms with Gasteiger partial charge in [-0.2, -0.15) is 0 Å². The van der Waals surface area contributed by atoms with Gasteiger partial charge >= 0.3 is 0 Å². The first-order chi connectivity index (χ1) is 9.83. The van der Waals surface area contributed by atoms with E-state index in [4.69, 9.17) is 4.99 Å². The number of fused-ring (bicyclic) bond motifs is 3. The molecule has 4 fully saturated rings. The highest BCUT2D eigenvalue weighted by Gasteiger charge is 2.37. The van der Waals surface area contributed by atoms with Crippen molar-refractivity contribution in [2.45, 2.75) is 51.0 Å². The molecule has 112 valence electrons. The normalized spacial score (nSPS) is 39.6. The Balaban J connectivity index is 1.36. The molecule has 0 aromatic heterocycles. The maximum absolute atomic E-state index is 4.93. The first-order valence-electron chi connectivity index (χ1n) is 8.49. The monoisotopic (exact) mass is 293 g/mol. The van der Waals surface area contributed by atoms with Crippen molar-refractivity contribution in [1.29, 1.82) is 0 Å². The molecule has 0 aromatic rings. The molecular formula is C16H27N3S. The van der Waals surface area contributed by atoms with Gasteiger partial charge in [0.2, 0.25) is 0 Å². The molecule has 1 unspecified atom stereocenters. The highest BCUT2D eigenvalue weighted by molar-refractivity contribution is 8.13. The lowest BCUT2D eigenvalue weighted by Crippen LogP contribution is -2.57. The van der Waals surface area contributed by atoms with Crippen LogP contribution in [0.15, 0.2) is 4.99 Å². The molecule has 0 radical (unpaired) electrons. The van der Waals surface area contributed by atoms with Crippen molar-refractivity contribution >= 4 is 16.9 Å². The Kier molecular flexibility index (Phi) is 3.71. The minimum absolute atomic E-state index is 0.559. The van der Waals surface area contributed by atoms with Crippen LogP contribution in [0.25, 0.3) is 0 Å². The van der Waals surface area contributed by atoms with Crippen molar-refractivity contribution in [2.75, 3.05) is 31.9 Å². The van der Waals surface area contributed by atoms with E-state index < -0.39 is 0 Å². The van der Waals surface area contributed by atoms with Crippen LogP contribution in [0.5, 0.6) is 0 Å². The molecule has 1 N–H and O–H groups in total. The predicted molar refractivity (Wildman–Crippen MR) is 86.4 cm³/mol. The Morgan fingerprint density at radius 3 is 2.55 bits per heavy atom. The van der Waals surface area contributed by atoms with E-state index in [9.17, 15) is 0 Å². The van der Waals surface area contributed by atoms with Gasteiger partial charge in [0.05, 0.1) is 0 Å². The van der Waals surface area contributed by atoms with Gasteiger partial charge in [-0.1, -0.05) is 31.0 Å². The molecule has 4 heteroatoms. The van der Waals surface area contributed by atoms with Gasteiger partial charge in [0, 0.05) is 24.9 Å². The van der Waals surface area contributed by atoms with Gasteiger partial charge in [-0.25, -0.2) is 0 Å². The molecule has 1 atom stereocenters. The van der Waals surface area contributed by atoms with Gasteiger partial charge in [-0.15, -0.1) is 0 Å². The van der Waals surface area contributed by atoms with Gasteiger partial charge in [-0.05, 0) is 50.1 Å². The summed E-state index contributed by atoms with van der Waals surface area (Å²) in [5, 5.41) is 5.03. The van der Waals surface area contributed by atoms with Gasteiger partial charge < -0.3 is 10.2 Å². The zero-order chi connectivity index (χ0) is 13.4. The second-order valence-corrected chi connectivity index (χ2v) is 8.32. The maximum Gasteiger partial charge on any atom is 0.156 e. The van der Waals surface area contributed by atoms with Gasteiger partial charge in [0.1, 0.15) is 0 Å². The van der Waals surface area contributed by atoms with Crippen molar-refractivity contribution in [3.05, 3.63) is 0 Å². The number of piperidine rings is 3. The number of amidine groups is 1. The number of nitrogens with zero attached hydrogens (tertiary/aromatic N) is 2. The third-order valence-corrected chi connectivity index (χ3v) is 7.23. The van der Waals surface area contributed by atoms with E-state index in [-0.39, 0.29) is 0 Å². The molecule has 4 heterocycles. The first-order valence-corrected chi connectivity index (χ1v) is 9.48. The highest BCUT2D eigenvalue weighted by atomic mass is 32.2. The second-order valence-electron chi connectivity index (χ2n) is 7.36. The van der Waals surface area contributed by atoms with Crippen LogP contribution in [-0.4, -0.2) is 48.0 Å². The smallest absolute Gasteiger partial charge is 0.156 e. The molecule has 3 nitrogen and oxygen atoms in total. The minimum Gasteiger partial charge on any atom is -0.361 e. The minimum atomic E-state index is 0.559. The number of hydrogen-bond donors (Lipinski definition) is 1. The van der Waals surface area contributed by atoms with Crippen molar-refractivity contribution < 1.29 is 0 Å². The second kappa shape index (κ2) is 5.53. The number of thioether (sulfide) groups is 1. The summed E-state index contributed by atoms with van der Waals surface area (Å²) in [4.78, 5) is 7.55. The van der Waals surface area contributed by atoms with Crippen LogP contribution in [-0.2, 0) is 0 Å². The number of nitrogens with one attached hydrogen (secondary N) is 1. The fraction of sp³-hybridized carbons (Fsp3) is 0.938. The molecule has 1 spiro atoms. The van der Waals surface area contributed by atoms with E-state index in [2.05, 4.69) is 10.2 Å². The van der Waals surface area contributed by atoms with Crippen molar-refractivity contribution in [2.24, 2.45) is 16.3 Å². The molecule has 5 rings (SSSR count). The van der Waals surface area contributed by atoms with Crippen LogP contribution in [0.4, 0.5) is 0 Å². The molecule has 5 aliphatic rings. The Labute approximate surface area is 127 Å². The Bertz CT molecular complexity index is 381.